The number of aromatic nitrogens is 1. The van der Waals surface area contributed by atoms with Crippen LogP contribution in [0.3, 0.4) is 0 Å². The summed E-state index contributed by atoms with van der Waals surface area (Å²) in [6.45, 7) is 6.06. The van der Waals surface area contributed by atoms with E-state index in [0.717, 1.165) is 18.8 Å². The first-order chi connectivity index (χ1) is 9.11. The predicted molar refractivity (Wildman–Crippen MR) is 74.2 cm³/mol. The average Bonchev–Trinajstić information content (AvgIpc) is 2.42. The Bertz CT molecular complexity index is 433. The van der Waals surface area contributed by atoms with Crippen molar-refractivity contribution in [1.82, 2.24) is 10.3 Å². The molecule has 1 aliphatic heterocycles. The monoisotopic (exact) mass is 263 g/mol. The Morgan fingerprint density at radius 1 is 1.58 bits per heavy atom. The number of rotatable bonds is 3. The first kappa shape index (κ1) is 13.8. The van der Waals surface area contributed by atoms with Crippen molar-refractivity contribution in [2.24, 2.45) is 5.92 Å². The van der Waals surface area contributed by atoms with Gasteiger partial charge in [-0.2, -0.15) is 0 Å². The molecule has 2 unspecified atom stereocenters. The van der Waals surface area contributed by atoms with Gasteiger partial charge in [0, 0.05) is 25.8 Å². The molecule has 1 aromatic rings. The second-order valence-electron chi connectivity index (χ2n) is 5.04. The van der Waals surface area contributed by atoms with Crippen molar-refractivity contribution < 1.29 is 9.90 Å². The second-order valence-corrected chi connectivity index (χ2v) is 5.04. The van der Waals surface area contributed by atoms with Gasteiger partial charge in [0.15, 0.2) is 0 Å². The summed E-state index contributed by atoms with van der Waals surface area (Å²) in [6.07, 6.45) is 2.24. The lowest BCUT2D eigenvalue weighted by Crippen LogP contribution is -2.43. The summed E-state index contributed by atoms with van der Waals surface area (Å²) in [5.74, 6) is 1.05. The van der Waals surface area contributed by atoms with Crippen LogP contribution in [0.4, 0.5) is 5.82 Å². The number of nitrogens with one attached hydrogen (secondary N) is 1. The van der Waals surface area contributed by atoms with Crippen LogP contribution in [0.25, 0.3) is 0 Å². The Morgan fingerprint density at radius 3 is 2.95 bits per heavy atom. The van der Waals surface area contributed by atoms with Gasteiger partial charge in [0.1, 0.15) is 5.82 Å². The van der Waals surface area contributed by atoms with Crippen molar-refractivity contribution in [1.29, 1.82) is 0 Å². The van der Waals surface area contributed by atoms with E-state index in [1.165, 1.54) is 0 Å². The van der Waals surface area contributed by atoms with Gasteiger partial charge in [-0.25, -0.2) is 4.98 Å². The lowest BCUT2D eigenvalue weighted by Gasteiger charge is -2.35. The fourth-order valence-electron chi connectivity index (χ4n) is 2.23. The molecule has 1 amide bonds. The fourth-order valence-corrected chi connectivity index (χ4v) is 2.23. The van der Waals surface area contributed by atoms with E-state index < -0.39 is 0 Å². The Balaban J connectivity index is 2.04. The molecule has 2 N–H and O–H groups in total. The number of carbonyl (C=O) groups excluding carboxylic acids is 1. The summed E-state index contributed by atoms with van der Waals surface area (Å²) in [4.78, 5) is 18.0. The van der Waals surface area contributed by atoms with Gasteiger partial charge in [0.2, 0.25) is 0 Å². The second kappa shape index (κ2) is 6.02. The number of nitrogens with zero attached hydrogens (tertiary/aromatic N) is 2. The average molecular weight is 263 g/mol. The molecule has 2 atom stereocenters. The minimum atomic E-state index is -0.307. The van der Waals surface area contributed by atoms with Crippen LogP contribution >= 0.6 is 0 Å². The van der Waals surface area contributed by atoms with Crippen LogP contribution in [0, 0.1) is 5.92 Å². The highest BCUT2D eigenvalue weighted by atomic mass is 16.3. The zero-order valence-corrected chi connectivity index (χ0v) is 11.5. The van der Waals surface area contributed by atoms with Crippen LogP contribution in [0.1, 0.15) is 30.6 Å². The van der Waals surface area contributed by atoms with Gasteiger partial charge in [0.05, 0.1) is 11.7 Å². The van der Waals surface area contributed by atoms with Gasteiger partial charge in [-0.1, -0.05) is 6.92 Å². The van der Waals surface area contributed by atoms with Gasteiger partial charge in [-0.15, -0.1) is 0 Å². The molecule has 0 saturated carbocycles. The molecule has 5 nitrogen and oxygen atoms in total. The number of hydrogen-bond acceptors (Lipinski definition) is 4. The molecule has 19 heavy (non-hydrogen) atoms. The quantitative estimate of drug-likeness (QED) is 0.855. The summed E-state index contributed by atoms with van der Waals surface area (Å²) in [6, 6.07) is 3.62. The third-order valence-corrected chi connectivity index (χ3v) is 3.59. The maximum atomic E-state index is 11.6. The highest BCUT2D eigenvalue weighted by molar-refractivity contribution is 5.93. The van der Waals surface area contributed by atoms with Crippen molar-refractivity contribution in [2.75, 3.05) is 24.5 Å². The zero-order chi connectivity index (χ0) is 13.8. The molecule has 104 valence electrons. The molecule has 0 radical (unpaired) electrons. The number of aliphatic hydroxyl groups is 1. The molecular formula is C14H21N3O2. The van der Waals surface area contributed by atoms with Crippen molar-refractivity contribution in [3.05, 3.63) is 23.9 Å². The lowest BCUT2D eigenvalue weighted by atomic mass is 9.96. The van der Waals surface area contributed by atoms with Crippen molar-refractivity contribution >= 4 is 11.7 Å². The summed E-state index contributed by atoms with van der Waals surface area (Å²) in [7, 11) is 0. The molecule has 1 saturated heterocycles. The van der Waals surface area contributed by atoms with Crippen LogP contribution in [-0.4, -0.2) is 41.7 Å². The fraction of sp³-hybridized carbons (Fsp3) is 0.571. The van der Waals surface area contributed by atoms with Crippen LogP contribution in [0.5, 0.6) is 0 Å². The minimum Gasteiger partial charge on any atom is -0.391 e. The van der Waals surface area contributed by atoms with E-state index in [4.69, 9.17) is 0 Å². The third-order valence-electron chi connectivity index (χ3n) is 3.59. The zero-order valence-electron chi connectivity index (χ0n) is 11.5. The number of anilines is 1. The predicted octanol–water partition coefficient (Wildman–Crippen LogP) is 1.04. The number of aliphatic hydroxyl groups excluding tert-OH is 1. The SMILES string of the molecule is CCNC(=O)c1ccc(N2CCC(C)C(O)C2)nc1. The lowest BCUT2D eigenvalue weighted by molar-refractivity contribution is 0.0954. The molecule has 1 fully saturated rings. The highest BCUT2D eigenvalue weighted by Crippen LogP contribution is 2.21. The number of carbonyl (C=O) groups is 1. The van der Waals surface area contributed by atoms with Crippen LogP contribution in [-0.2, 0) is 0 Å². The maximum Gasteiger partial charge on any atom is 0.252 e. The standard InChI is InChI=1S/C14H21N3O2/c1-3-15-14(19)11-4-5-13(16-8-11)17-7-6-10(2)12(18)9-17/h4-5,8,10,12,18H,3,6-7,9H2,1-2H3,(H,15,19). The minimum absolute atomic E-state index is 0.103. The molecule has 1 aromatic heterocycles. The van der Waals surface area contributed by atoms with Crippen molar-refractivity contribution in [2.45, 2.75) is 26.4 Å². The van der Waals surface area contributed by atoms with Crippen LogP contribution < -0.4 is 10.2 Å². The molecule has 0 aliphatic carbocycles. The topological polar surface area (TPSA) is 65.5 Å². The van der Waals surface area contributed by atoms with E-state index in [-0.39, 0.29) is 12.0 Å². The number of hydrogen-bond donors (Lipinski definition) is 2. The molecule has 0 spiro atoms. The van der Waals surface area contributed by atoms with Gasteiger partial charge in [0.25, 0.3) is 5.91 Å². The third kappa shape index (κ3) is 3.23. The van der Waals surface area contributed by atoms with Gasteiger partial charge in [-0.05, 0) is 31.4 Å². The van der Waals surface area contributed by atoms with Gasteiger partial charge in [-0.3, -0.25) is 4.79 Å². The molecule has 1 aliphatic rings. The summed E-state index contributed by atoms with van der Waals surface area (Å²) >= 11 is 0. The molecule has 0 aromatic carbocycles. The summed E-state index contributed by atoms with van der Waals surface area (Å²) < 4.78 is 0. The van der Waals surface area contributed by atoms with E-state index in [1.54, 1.807) is 12.3 Å². The normalized spacial score (nSPS) is 23.2. The first-order valence-corrected chi connectivity index (χ1v) is 6.79. The molecule has 0 bridgehead atoms. The van der Waals surface area contributed by atoms with Gasteiger partial charge >= 0.3 is 0 Å². The Hall–Kier alpha value is -1.62. The smallest absolute Gasteiger partial charge is 0.252 e. The van der Waals surface area contributed by atoms with Crippen molar-refractivity contribution in [3.63, 3.8) is 0 Å². The maximum absolute atomic E-state index is 11.6. The van der Waals surface area contributed by atoms with Gasteiger partial charge < -0.3 is 15.3 Å². The van der Waals surface area contributed by atoms with E-state index in [2.05, 4.69) is 22.1 Å². The van der Waals surface area contributed by atoms with Crippen LogP contribution in [0.2, 0.25) is 0 Å². The number of pyridine rings is 1. The molecule has 5 heteroatoms. The number of amides is 1. The van der Waals surface area contributed by atoms with Crippen molar-refractivity contribution in [3.8, 4) is 0 Å². The van der Waals surface area contributed by atoms with E-state index in [1.807, 2.05) is 13.0 Å². The van der Waals surface area contributed by atoms with E-state index in [9.17, 15) is 9.90 Å². The first-order valence-electron chi connectivity index (χ1n) is 6.79. The van der Waals surface area contributed by atoms with Crippen LogP contribution in [0.15, 0.2) is 18.3 Å². The molecular weight excluding hydrogens is 242 g/mol. The molecule has 2 rings (SSSR count). The highest BCUT2D eigenvalue weighted by Gasteiger charge is 2.24. The largest absolute Gasteiger partial charge is 0.391 e. The summed E-state index contributed by atoms with van der Waals surface area (Å²) in [5.41, 5.74) is 0.566. The Morgan fingerprint density at radius 2 is 2.37 bits per heavy atom. The number of piperidine rings is 1. The Kier molecular flexibility index (Phi) is 4.37. The van der Waals surface area contributed by atoms with E-state index >= 15 is 0 Å². The van der Waals surface area contributed by atoms with E-state index in [0.29, 0.717) is 24.6 Å². The summed E-state index contributed by atoms with van der Waals surface area (Å²) in [5, 5.41) is 12.6. The Labute approximate surface area is 113 Å². The molecule has 2 heterocycles. The number of β-amino-alcohol motifs (C(OH)–C–C–N with tert-alkyl or cyclic N) is 1.